The Hall–Kier alpha value is -1.36. The summed E-state index contributed by atoms with van der Waals surface area (Å²) in [4.78, 5) is 13.5. The summed E-state index contributed by atoms with van der Waals surface area (Å²) in [5.74, 6) is 5.32. The van der Waals surface area contributed by atoms with E-state index in [-0.39, 0.29) is 17.4 Å². The van der Waals surface area contributed by atoms with Gasteiger partial charge in [-0.3, -0.25) is 9.48 Å². The molecule has 0 amide bonds. The van der Waals surface area contributed by atoms with E-state index in [1.54, 1.807) is 10.9 Å². The zero-order chi connectivity index (χ0) is 24.1. The summed E-state index contributed by atoms with van der Waals surface area (Å²) in [7, 11) is 1.86. The molecule has 5 heteroatoms. The van der Waals surface area contributed by atoms with Gasteiger partial charge in [-0.2, -0.15) is 5.10 Å². The highest BCUT2D eigenvalue weighted by Crippen LogP contribution is 2.67. The minimum absolute atomic E-state index is 0.116. The van der Waals surface area contributed by atoms with Gasteiger partial charge in [0.15, 0.2) is 11.5 Å². The van der Waals surface area contributed by atoms with Crippen molar-refractivity contribution in [1.82, 2.24) is 9.78 Å². The van der Waals surface area contributed by atoms with Crippen LogP contribution in [0, 0.1) is 46.3 Å². The molecular formula is C29H46N2O3. The summed E-state index contributed by atoms with van der Waals surface area (Å²) in [6.07, 6.45) is 15.4. The van der Waals surface area contributed by atoms with Gasteiger partial charge in [-0.1, -0.05) is 13.8 Å². The number of aromatic nitrogens is 2. The molecule has 5 rings (SSSR count). The SMILES string of the molecule is COCC1CCC2(C)C(CCC3C2CCC2(C)C(C(=O)Cn4cc(OC(C)C)cn4)CCC32)C1. The van der Waals surface area contributed by atoms with E-state index in [0.29, 0.717) is 23.7 Å². The lowest BCUT2D eigenvalue weighted by molar-refractivity contribution is -0.138. The standard InChI is InChI=1S/C29H46N2O3/c1-19(2)34-22-15-30-31(16-22)17-27(32)26-9-8-24-23-7-6-21-14-20(18-33-5)10-12-28(21,3)25(23)11-13-29(24,26)4/h15-16,19-21,23-26H,6-14,17-18H2,1-5H3. The molecule has 0 aromatic carbocycles. The molecule has 190 valence electrons. The molecule has 4 aliphatic rings. The molecule has 1 aromatic rings. The predicted molar refractivity (Wildman–Crippen MR) is 134 cm³/mol. The van der Waals surface area contributed by atoms with Crippen molar-refractivity contribution in [3.05, 3.63) is 12.4 Å². The molecule has 0 N–H and O–H groups in total. The van der Waals surface area contributed by atoms with Gasteiger partial charge >= 0.3 is 0 Å². The number of nitrogens with zero attached hydrogens (tertiary/aromatic N) is 2. The normalized spacial score (nSPS) is 41.6. The number of ketones is 1. The highest BCUT2D eigenvalue weighted by molar-refractivity contribution is 5.82. The maximum Gasteiger partial charge on any atom is 0.157 e. The summed E-state index contributed by atoms with van der Waals surface area (Å²) in [6.45, 7) is 10.4. The average molecular weight is 471 g/mol. The van der Waals surface area contributed by atoms with Crippen molar-refractivity contribution in [2.45, 2.75) is 98.1 Å². The van der Waals surface area contributed by atoms with Crippen molar-refractivity contribution in [3.63, 3.8) is 0 Å². The van der Waals surface area contributed by atoms with Crippen LogP contribution in [0.3, 0.4) is 0 Å². The van der Waals surface area contributed by atoms with Crippen molar-refractivity contribution in [1.29, 1.82) is 0 Å². The largest absolute Gasteiger partial charge is 0.488 e. The lowest BCUT2D eigenvalue weighted by atomic mass is 9.44. The summed E-state index contributed by atoms with van der Waals surface area (Å²) in [5.41, 5.74) is 0.664. The molecule has 5 nitrogen and oxygen atoms in total. The maximum absolute atomic E-state index is 13.5. The van der Waals surface area contributed by atoms with Gasteiger partial charge in [0.1, 0.15) is 0 Å². The van der Waals surface area contributed by atoms with Gasteiger partial charge in [0.25, 0.3) is 0 Å². The summed E-state index contributed by atoms with van der Waals surface area (Å²) in [6, 6.07) is 0. The molecule has 1 aromatic heterocycles. The molecule has 4 saturated carbocycles. The second kappa shape index (κ2) is 9.26. The fraction of sp³-hybridized carbons (Fsp3) is 0.862. The van der Waals surface area contributed by atoms with E-state index in [1.807, 2.05) is 27.2 Å². The molecule has 1 heterocycles. The van der Waals surface area contributed by atoms with Gasteiger partial charge < -0.3 is 9.47 Å². The molecule has 0 saturated heterocycles. The average Bonchev–Trinajstić information content (AvgIpc) is 3.37. The number of fused-ring (bicyclic) bond motifs is 5. The second-order valence-corrected chi connectivity index (χ2v) is 12.9. The number of ether oxygens (including phenoxy) is 2. The molecule has 8 atom stereocenters. The van der Waals surface area contributed by atoms with E-state index < -0.39 is 0 Å². The van der Waals surface area contributed by atoms with Crippen LogP contribution in [0.25, 0.3) is 0 Å². The number of Topliss-reactive ketones (excluding diaryl/α,β-unsaturated/α-hetero) is 1. The van der Waals surface area contributed by atoms with Crippen LogP contribution >= 0.6 is 0 Å². The molecule has 0 bridgehead atoms. The van der Waals surface area contributed by atoms with Gasteiger partial charge in [-0.25, -0.2) is 0 Å². The highest BCUT2D eigenvalue weighted by Gasteiger charge is 2.61. The summed E-state index contributed by atoms with van der Waals surface area (Å²) < 4.78 is 13.0. The van der Waals surface area contributed by atoms with E-state index in [9.17, 15) is 4.79 Å². The third-order valence-electron chi connectivity index (χ3n) is 10.9. The Morgan fingerprint density at radius 1 is 1.09 bits per heavy atom. The third-order valence-corrected chi connectivity index (χ3v) is 10.9. The fourth-order valence-electron chi connectivity index (χ4n) is 9.30. The lowest BCUT2D eigenvalue weighted by Crippen LogP contribution is -2.54. The number of methoxy groups -OCH3 is 1. The fourth-order valence-corrected chi connectivity index (χ4v) is 9.30. The molecule has 8 unspecified atom stereocenters. The topological polar surface area (TPSA) is 53.4 Å². The predicted octanol–water partition coefficient (Wildman–Crippen LogP) is 6.16. The monoisotopic (exact) mass is 470 g/mol. The van der Waals surface area contributed by atoms with Crippen LogP contribution in [-0.2, 0) is 16.1 Å². The number of carbonyl (C=O) groups is 1. The van der Waals surface area contributed by atoms with Crippen LogP contribution in [0.4, 0.5) is 0 Å². The van der Waals surface area contributed by atoms with Gasteiger partial charge in [-0.05, 0) is 112 Å². The molecule has 0 aliphatic heterocycles. The van der Waals surface area contributed by atoms with Gasteiger partial charge in [0, 0.05) is 19.6 Å². The molecule has 4 aliphatic carbocycles. The van der Waals surface area contributed by atoms with Gasteiger partial charge in [0.05, 0.1) is 25.0 Å². The van der Waals surface area contributed by atoms with Gasteiger partial charge in [-0.15, -0.1) is 0 Å². The summed E-state index contributed by atoms with van der Waals surface area (Å²) >= 11 is 0. The Kier molecular flexibility index (Phi) is 6.63. The van der Waals surface area contributed by atoms with Crippen LogP contribution < -0.4 is 4.74 Å². The number of hydrogen-bond donors (Lipinski definition) is 0. The Morgan fingerprint density at radius 3 is 2.62 bits per heavy atom. The van der Waals surface area contributed by atoms with E-state index in [1.165, 1.54) is 51.4 Å². The quantitative estimate of drug-likeness (QED) is 0.479. The van der Waals surface area contributed by atoms with Crippen LogP contribution in [0.2, 0.25) is 0 Å². The maximum atomic E-state index is 13.5. The highest BCUT2D eigenvalue weighted by atomic mass is 16.5. The zero-order valence-corrected chi connectivity index (χ0v) is 22.1. The first-order valence-electron chi connectivity index (χ1n) is 14.0. The van der Waals surface area contributed by atoms with E-state index in [0.717, 1.165) is 42.4 Å². The van der Waals surface area contributed by atoms with Crippen molar-refractivity contribution in [2.75, 3.05) is 13.7 Å². The summed E-state index contributed by atoms with van der Waals surface area (Å²) in [5, 5.41) is 4.41. The van der Waals surface area contributed by atoms with E-state index in [4.69, 9.17) is 9.47 Å². The van der Waals surface area contributed by atoms with Crippen molar-refractivity contribution in [2.24, 2.45) is 46.3 Å². The first kappa shape index (κ1) is 24.3. The van der Waals surface area contributed by atoms with Crippen molar-refractivity contribution < 1.29 is 14.3 Å². The van der Waals surface area contributed by atoms with E-state index >= 15 is 0 Å². The number of carbonyl (C=O) groups excluding carboxylic acids is 1. The third kappa shape index (κ3) is 4.14. The first-order valence-corrected chi connectivity index (χ1v) is 14.0. The number of hydrogen-bond acceptors (Lipinski definition) is 4. The van der Waals surface area contributed by atoms with E-state index in [2.05, 4.69) is 18.9 Å². The smallest absolute Gasteiger partial charge is 0.157 e. The Balaban J connectivity index is 1.27. The first-order chi connectivity index (χ1) is 16.2. The lowest BCUT2D eigenvalue weighted by Gasteiger charge is -2.61. The Morgan fingerprint density at radius 2 is 1.85 bits per heavy atom. The Labute approximate surface area is 206 Å². The van der Waals surface area contributed by atoms with Crippen LogP contribution in [0.5, 0.6) is 5.75 Å². The van der Waals surface area contributed by atoms with Crippen molar-refractivity contribution >= 4 is 5.78 Å². The molecule has 0 spiro atoms. The minimum atomic E-state index is 0.116. The van der Waals surface area contributed by atoms with Crippen LogP contribution in [-0.4, -0.2) is 35.4 Å². The number of rotatable bonds is 7. The zero-order valence-electron chi connectivity index (χ0n) is 22.1. The Bertz CT molecular complexity index is 880. The molecular weight excluding hydrogens is 424 g/mol. The van der Waals surface area contributed by atoms with Crippen LogP contribution in [0.15, 0.2) is 12.4 Å². The molecule has 4 fully saturated rings. The minimum Gasteiger partial charge on any atom is -0.488 e. The van der Waals surface area contributed by atoms with Crippen molar-refractivity contribution in [3.8, 4) is 5.75 Å². The van der Waals surface area contributed by atoms with Gasteiger partial charge in [0.2, 0.25) is 0 Å². The molecule has 0 radical (unpaired) electrons. The molecule has 34 heavy (non-hydrogen) atoms. The second-order valence-electron chi connectivity index (χ2n) is 12.9. The van der Waals surface area contributed by atoms with Crippen LogP contribution in [0.1, 0.15) is 85.5 Å².